The van der Waals surface area contributed by atoms with Gasteiger partial charge in [-0.1, -0.05) is 152 Å². The summed E-state index contributed by atoms with van der Waals surface area (Å²) in [5.74, 6) is 1.37. The lowest BCUT2D eigenvalue weighted by molar-refractivity contribution is 0.667. The summed E-state index contributed by atoms with van der Waals surface area (Å²) in [6.45, 7) is 0. The smallest absolute Gasteiger partial charge is 0.159 e. The fourth-order valence-electron chi connectivity index (χ4n) is 10.4. The summed E-state index contributed by atoms with van der Waals surface area (Å²) < 4.78 is 11.5. The number of nitrogens with zero attached hydrogens (tertiary/aromatic N) is 4. The van der Waals surface area contributed by atoms with Gasteiger partial charge in [-0.2, -0.15) is 0 Å². The minimum absolute atomic E-state index is 0.440. The highest BCUT2D eigenvalue weighted by Gasteiger charge is 2.27. The molecule has 6 nitrogen and oxygen atoms in total. The van der Waals surface area contributed by atoms with Gasteiger partial charge in [0.05, 0.1) is 27.8 Å². The summed E-state index contributed by atoms with van der Waals surface area (Å²) in [7, 11) is 0. The molecular formula is C61H39N5O. The van der Waals surface area contributed by atoms with Crippen molar-refractivity contribution in [3.05, 3.63) is 241 Å². The Balaban J connectivity index is 1.00. The molecule has 1 aliphatic heterocycles. The summed E-state index contributed by atoms with van der Waals surface area (Å²) >= 11 is 0. The lowest BCUT2D eigenvalue weighted by atomic mass is 10.0. The number of amidine groups is 2. The molecule has 6 heteroatoms. The molecule has 14 rings (SSSR count). The zero-order chi connectivity index (χ0) is 44.0. The van der Waals surface area contributed by atoms with Crippen LogP contribution in [0.15, 0.2) is 239 Å². The Morgan fingerprint density at radius 1 is 0.403 bits per heavy atom. The van der Waals surface area contributed by atoms with Crippen LogP contribution in [0.25, 0.3) is 98.8 Å². The Labute approximate surface area is 385 Å². The number of hydrogen-bond donors (Lipinski definition) is 1. The first kappa shape index (κ1) is 37.4. The minimum Gasteiger partial charge on any atom is -0.456 e. The summed E-state index contributed by atoms with van der Waals surface area (Å²) in [5, 5.41) is 13.0. The quantitative estimate of drug-likeness (QED) is 0.181. The van der Waals surface area contributed by atoms with Crippen molar-refractivity contribution in [3.8, 4) is 22.5 Å². The van der Waals surface area contributed by atoms with Crippen LogP contribution in [0.2, 0.25) is 0 Å². The highest BCUT2D eigenvalue weighted by molar-refractivity contribution is 6.23. The molecule has 0 radical (unpaired) electrons. The Morgan fingerprint density at radius 2 is 0.985 bits per heavy atom. The van der Waals surface area contributed by atoms with Gasteiger partial charge in [-0.3, -0.25) is 0 Å². The molecule has 67 heavy (non-hydrogen) atoms. The molecule has 0 saturated carbocycles. The second-order valence-corrected chi connectivity index (χ2v) is 17.4. The van der Waals surface area contributed by atoms with Gasteiger partial charge in [-0.15, -0.1) is 0 Å². The predicted molar refractivity (Wildman–Crippen MR) is 277 cm³/mol. The van der Waals surface area contributed by atoms with Crippen molar-refractivity contribution in [3.63, 3.8) is 0 Å². The monoisotopic (exact) mass is 857 g/mol. The number of hydrogen-bond acceptors (Lipinski definition) is 4. The van der Waals surface area contributed by atoms with Gasteiger partial charge in [0.2, 0.25) is 0 Å². The third-order valence-electron chi connectivity index (χ3n) is 13.5. The van der Waals surface area contributed by atoms with Crippen molar-refractivity contribution in [2.75, 3.05) is 0 Å². The highest BCUT2D eigenvalue weighted by atomic mass is 16.3. The van der Waals surface area contributed by atoms with Gasteiger partial charge in [0.15, 0.2) is 5.84 Å². The fraction of sp³-hybridized carbons (Fsp3) is 0.0164. The van der Waals surface area contributed by atoms with Gasteiger partial charge in [0.1, 0.15) is 23.2 Å². The largest absolute Gasteiger partial charge is 0.456 e. The van der Waals surface area contributed by atoms with Gasteiger partial charge < -0.3 is 18.9 Å². The van der Waals surface area contributed by atoms with E-state index >= 15 is 0 Å². The molecule has 1 unspecified atom stereocenters. The maximum absolute atomic E-state index is 6.79. The summed E-state index contributed by atoms with van der Waals surface area (Å²) in [6.07, 6.45) is -0.440. The number of aliphatic imine (C=N–C) groups is 2. The first-order valence-electron chi connectivity index (χ1n) is 22.8. The lowest BCUT2D eigenvalue weighted by Crippen LogP contribution is -2.33. The van der Waals surface area contributed by atoms with Gasteiger partial charge in [0, 0.05) is 55.2 Å². The van der Waals surface area contributed by atoms with Crippen molar-refractivity contribution in [1.29, 1.82) is 0 Å². The van der Waals surface area contributed by atoms with E-state index in [-0.39, 0.29) is 0 Å². The van der Waals surface area contributed by atoms with Crippen molar-refractivity contribution < 1.29 is 4.42 Å². The first-order chi connectivity index (χ1) is 33.2. The molecule has 1 N–H and O–H groups in total. The van der Waals surface area contributed by atoms with E-state index in [1.807, 2.05) is 12.1 Å². The lowest BCUT2D eigenvalue weighted by Gasteiger charge is -2.25. The number of rotatable bonds is 6. The number of furan rings is 1. The van der Waals surface area contributed by atoms with E-state index in [9.17, 15) is 0 Å². The second kappa shape index (κ2) is 14.8. The van der Waals surface area contributed by atoms with E-state index in [0.29, 0.717) is 5.84 Å². The van der Waals surface area contributed by atoms with Gasteiger partial charge >= 0.3 is 0 Å². The summed E-state index contributed by atoms with van der Waals surface area (Å²) in [4.78, 5) is 11.0. The zero-order valence-corrected chi connectivity index (χ0v) is 36.1. The van der Waals surface area contributed by atoms with Crippen LogP contribution in [-0.2, 0) is 0 Å². The molecule has 0 bridgehead atoms. The molecule has 0 saturated heterocycles. The van der Waals surface area contributed by atoms with Crippen LogP contribution in [0.3, 0.4) is 0 Å². The van der Waals surface area contributed by atoms with Crippen molar-refractivity contribution in [2.45, 2.75) is 6.17 Å². The third-order valence-corrected chi connectivity index (χ3v) is 13.5. The van der Waals surface area contributed by atoms with Crippen molar-refractivity contribution in [2.24, 2.45) is 9.98 Å². The van der Waals surface area contributed by atoms with E-state index in [1.165, 1.54) is 32.5 Å². The van der Waals surface area contributed by atoms with Crippen LogP contribution in [-0.4, -0.2) is 20.8 Å². The standard InChI is InChI=1S/C61H39N5O/c1-3-15-38(16-4-1)39-27-29-40(30-28-39)59-62-60(43-31-32-54-49(34-43)46-21-9-12-24-52(46)65(54)44-19-5-2-6-20-44)64-61(63-59)51-36-45(37-57-58(51)48-23-11-14-26-56(48)67-57)66-53-25-13-10-22-47(53)50-33-41-17-7-8-18-42(41)35-55(50)66/h1-37,59H,(H,62,63,64). The highest BCUT2D eigenvalue weighted by Crippen LogP contribution is 2.40. The Hall–Kier alpha value is -9.00. The van der Waals surface area contributed by atoms with E-state index in [2.05, 4.69) is 227 Å². The number of benzene rings is 10. The second-order valence-electron chi connectivity index (χ2n) is 17.4. The van der Waals surface area contributed by atoms with E-state index in [4.69, 9.17) is 14.4 Å². The van der Waals surface area contributed by atoms with Crippen LogP contribution >= 0.6 is 0 Å². The topological polar surface area (TPSA) is 59.8 Å². The third kappa shape index (κ3) is 5.97. The molecule has 13 aromatic rings. The van der Waals surface area contributed by atoms with Crippen LogP contribution in [0.4, 0.5) is 0 Å². The van der Waals surface area contributed by atoms with Crippen LogP contribution in [0.1, 0.15) is 22.9 Å². The minimum atomic E-state index is -0.440. The molecular weight excluding hydrogens is 819 g/mol. The maximum Gasteiger partial charge on any atom is 0.159 e. The molecule has 3 aromatic heterocycles. The van der Waals surface area contributed by atoms with E-state index in [0.717, 1.165) is 88.9 Å². The van der Waals surface area contributed by atoms with Crippen molar-refractivity contribution >= 4 is 88.0 Å². The number of nitrogens with one attached hydrogen (secondary N) is 1. The van der Waals surface area contributed by atoms with Crippen LogP contribution < -0.4 is 5.32 Å². The molecule has 0 fully saturated rings. The van der Waals surface area contributed by atoms with Crippen LogP contribution in [0, 0.1) is 0 Å². The average molecular weight is 858 g/mol. The number of para-hydroxylation sites is 4. The van der Waals surface area contributed by atoms with E-state index in [1.54, 1.807) is 0 Å². The SMILES string of the molecule is c1ccc(-c2ccc(C3N=C(c4ccc5c(c4)c4ccccc4n5-c4ccccc4)N=C(c4cc(-n5c6ccccc6c6cc7ccccc7cc65)cc5oc6ccccc6c45)N3)cc2)cc1. The molecule has 314 valence electrons. The average Bonchev–Trinajstić information content (AvgIpc) is 4.05. The first-order valence-corrected chi connectivity index (χ1v) is 22.8. The molecule has 10 aromatic carbocycles. The van der Waals surface area contributed by atoms with E-state index < -0.39 is 6.17 Å². The van der Waals surface area contributed by atoms with Gasteiger partial charge in [0.25, 0.3) is 0 Å². The molecule has 1 atom stereocenters. The molecule has 1 aliphatic rings. The molecule has 0 amide bonds. The predicted octanol–water partition coefficient (Wildman–Crippen LogP) is 15.1. The van der Waals surface area contributed by atoms with Gasteiger partial charge in [-0.25, -0.2) is 9.98 Å². The molecule has 0 spiro atoms. The Kier molecular flexibility index (Phi) is 8.24. The molecule has 4 heterocycles. The zero-order valence-electron chi connectivity index (χ0n) is 36.1. The van der Waals surface area contributed by atoms with Crippen molar-refractivity contribution in [1.82, 2.24) is 14.5 Å². The Bertz CT molecular complexity index is 4180. The number of aromatic nitrogens is 2. The Morgan fingerprint density at radius 3 is 1.75 bits per heavy atom. The summed E-state index contributed by atoms with van der Waals surface area (Å²) in [5.41, 5.74) is 13.5. The molecule has 0 aliphatic carbocycles. The maximum atomic E-state index is 6.79. The fourth-order valence-corrected chi connectivity index (χ4v) is 10.4. The number of fused-ring (bicyclic) bond motifs is 10. The van der Waals surface area contributed by atoms with Gasteiger partial charge in [-0.05, 0) is 94.2 Å². The summed E-state index contributed by atoms with van der Waals surface area (Å²) in [6, 6.07) is 79.8. The normalized spacial score (nSPS) is 14.1. The van der Waals surface area contributed by atoms with Crippen LogP contribution in [0.5, 0.6) is 0 Å².